The molecule has 1 N–H and O–H groups in total. The van der Waals surface area contributed by atoms with Crippen molar-refractivity contribution in [2.24, 2.45) is 0 Å². The minimum absolute atomic E-state index is 0.439. The first-order valence-electron chi connectivity index (χ1n) is 6.45. The van der Waals surface area contributed by atoms with E-state index in [0.717, 1.165) is 12.0 Å². The van der Waals surface area contributed by atoms with Crippen LogP contribution >= 0.6 is 11.8 Å². The van der Waals surface area contributed by atoms with Crippen molar-refractivity contribution >= 4 is 11.8 Å². The smallest absolute Gasteiger partial charge is 0.224 e. The number of hydrogen-bond acceptors (Lipinski definition) is 6. The molecule has 0 amide bonds. The van der Waals surface area contributed by atoms with Crippen molar-refractivity contribution in [3.8, 4) is 11.8 Å². The van der Waals surface area contributed by atoms with Gasteiger partial charge in [-0.3, -0.25) is 0 Å². The van der Waals surface area contributed by atoms with Crippen LogP contribution in [0.25, 0.3) is 0 Å². The molecule has 1 aromatic heterocycles. The zero-order chi connectivity index (χ0) is 14.1. The molecule has 0 aliphatic heterocycles. The van der Waals surface area contributed by atoms with Crippen LogP contribution in [0.1, 0.15) is 25.8 Å². The minimum atomic E-state index is 0.439. The number of hydrogen-bond donors (Lipinski definition) is 1. The molecule has 0 spiro atoms. The first-order valence-corrected chi connectivity index (χ1v) is 7.61. The summed E-state index contributed by atoms with van der Waals surface area (Å²) < 4.78 is 10.5. The molecule has 1 rings (SSSR count). The summed E-state index contributed by atoms with van der Waals surface area (Å²) in [6.45, 7) is 5.00. The van der Waals surface area contributed by atoms with Gasteiger partial charge in [0.15, 0.2) is 0 Å². The Hall–Kier alpha value is -1.01. The predicted octanol–water partition coefficient (Wildman–Crippen LogP) is 2.12. The fraction of sp³-hybridized carbons (Fsp3) is 0.692. The second kappa shape index (κ2) is 8.98. The van der Waals surface area contributed by atoms with Gasteiger partial charge < -0.3 is 14.8 Å². The summed E-state index contributed by atoms with van der Waals surface area (Å²) in [5, 5.41) is 3.45. The monoisotopic (exact) mass is 285 g/mol. The molecule has 108 valence electrons. The van der Waals surface area contributed by atoms with Crippen molar-refractivity contribution in [3.05, 3.63) is 11.9 Å². The van der Waals surface area contributed by atoms with E-state index in [1.807, 2.05) is 11.8 Å². The topological polar surface area (TPSA) is 56.3 Å². The van der Waals surface area contributed by atoms with E-state index in [9.17, 15) is 0 Å². The van der Waals surface area contributed by atoms with Crippen LogP contribution in [-0.2, 0) is 6.54 Å². The van der Waals surface area contributed by atoms with Crippen LogP contribution in [0.5, 0.6) is 11.8 Å². The standard InChI is InChI=1S/C13H23N3O2S/c1-5-19-7-6-10(2)14-8-11-12(17-3)15-9-16-13(11)18-4/h9-10,14H,5-8H2,1-4H3. The molecule has 0 aliphatic rings. The lowest BCUT2D eigenvalue weighted by Crippen LogP contribution is -2.26. The van der Waals surface area contributed by atoms with Gasteiger partial charge >= 0.3 is 0 Å². The van der Waals surface area contributed by atoms with Crippen LogP contribution in [-0.4, -0.2) is 41.7 Å². The SMILES string of the molecule is CCSCCC(C)NCc1c(OC)ncnc1OC. The van der Waals surface area contributed by atoms with Crippen molar-refractivity contribution in [2.45, 2.75) is 32.9 Å². The molecule has 0 bridgehead atoms. The lowest BCUT2D eigenvalue weighted by molar-refractivity contribution is 0.357. The lowest BCUT2D eigenvalue weighted by atomic mass is 10.2. The van der Waals surface area contributed by atoms with Gasteiger partial charge in [-0.25, -0.2) is 9.97 Å². The molecule has 1 atom stereocenters. The molecule has 5 nitrogen and oxygen atoms in total. The quantitative estimate of drug-likeness (QED) is 0.701. The summed E-state index contributed by atoms with van der Waals surface area (Å²) in [5.74, 6) is 3.47. The number of rotatable bonds is 9. The molecule has 1 heterocycles. The molecular weight excluding hydrogens is 262 g/mol. The van der Waals surface area contributed by atoms with E-state index < -0.39 is 0 Å². The van der Waals surface area contributed by atoms with E-state index in [1.54, 1.807) is 14.2 Å². The first-order chi connectivity index (χ1) is 9.22. The number of thioether (sulfide) groups is 1. The van der Waals surface area contributed by atoms with Crippen LogP contribution in [0.2, 0.25) is 0 Å². The molecule has 0 aliphatic carbocycles. The van der Waals surface area contributed by atoms with Gasteiger partial charge in [0.1, 0.15) is 6.33 Å². The van der Waals surface area contributed by atoms with E-state index >= 15 is 0 Å². The van der Waals surface area contributed by atoms with Crippen LogP contribution < -0.4 is 14.8 Å². The summed E-state index contributed by atoms with van der Waals surface area (Å²) in [6, 6.07) is 0.439. The van der Waals surface area contributed by atoms with Crippen LogP contribution in [0.3, 0.4) is 0 Å². The average molecular weight is 285 g/mol. The number of nitrogens with zero attached hydrogens (tertiary/aromatic N) is 2. The largest absolute Gasteiger partial charge is 0.481 e. The molecule has 1 unspecified atom stereocenters. The normalized spacial score (nSPS) is 12.2. The molecule has 0 saturated carbocycles. The molecule has 1 aromatic rings. The van der Waals surface area contributed by atoms with Crippen LogP contribution in [0, 0.1) is 0 Å². The second-order valence-electron chi connectivity index (χ2n) is 4.14. The van der Waals surface area contributed by atoms with Crippen molar-refractivity contribution < 1.29 is 9.47 Å². The lowest BCUT2D eigenvalue weighted by Gasteiger charge is -2.16. The molecule has 19 heavy (non-hydrogen) atoms. The number of methoxy groups -OCH3 is 2. The summed E-state index contributed by atoms with van der Waals surface area (Å²) >= 11 is 1.96. The van der Waals surface area contributed by atoms with Crippen LogP contribution in [0.4, 0.5) is 0 Å². The second-order valence-corrected chi connectivity index (χ2v) is 5.53. The Kier molecular flexibility index (Phi) is 7.59. The fourth-order valence-electron chi connectivity index (χ4n) is 1.67. The van der Waals surface area contributed by atoms with Crippen molar-refractivity contribution in [2.75, 3.05) is 25.7 Å². The highest BCUT2D eigenvalue weighted by Gasteiger charge is 2.13. The highest BCUT2D eigenvalue weighted by atomic mass is 32.2. The van der Waals surface area contributed by atoms with Gasteiger partial charge in [-0.2, -0.15) is 11.8 Å². The van der Waals surface area contributed by atoms with Gasteiger partial charge in [-0.15, -0.1) is 0 Å². The summed E-state index contributed by atoms with van der Waals surface area (Å²) in [5.41, 5.74) is 0.863. The van der Waals surface area contributed by atoms with Gasteiger partial charge in [0.25, 0.3) is 0 Å². The molecule has 0 saturated heterocycles. The minimum Gasteiger partial charge on any atom is -0.481 e. The first kappa shape index (κ1) is 16.0. The average Bonchev–Trinajstić information content (AvgIpc) is 2.44. The molecular formula is C13H23N3O2S. The zero-order valence-corrected chi connectivity index (χ0v) is 12.9. The van der Waals surface area contributed by atoms with E-state index in [4.69, 9.17) is 9.47 Å². The highest BCUT2D eigenvalue weighted by Crippen LogP contribution is 2.23. The number of ether oxygens (including phenoxy) is 2. The van der Waals surface area contributed by atoms with E-state index in [-0.39, 0.29) is 0 Å². The Morgan fingerprint density at radius 1 is 1.26 bits per heavy atom. The Morgan fingerprint density at radius 2 is 1.89 bits per heavy atom. The molecule has 0 aromatic carbocycles. The summed E-state index contributed by atoms with van der Waals surface area (Å²) in [4.78, 5) is 8.20. The molecule has 6 heteroatoms. The maximum absolute atomic E-state index is 5.24. The highest BCUT2D eigenvalue weighted by molar-refractivity contribution is 7.99. The predicted molar refractivity (Wildman–Crippen MR) is 79.1 cm³/mol. The molecule has 0 radical (unpaired) electrons. The van der Waals surface area contributed by atoms with E-state index in [1.165, 1.54) is 17.8 Å². The van der Waals surface area contributed by atoms with Gasteiger partial charge in [0, 0.05) is 12.6 Å². The van der Waals surface area contributed by atoms with Crippen LogP contribution in [0.15, 0.2) is 6.33 Å². The van der Waals surface area contributed by atoms with Gasteiger partial charge in [-0.05, 0) is 24.9 Å². The third kappa shape index (κ3) is 5.24. The Labute approximate surface area is 119 Å². The van der Waals surface area contributed by atoms with E-state index in [0.29, 0.717) is 24.3 Å². The third-order valence-electron chi connectivity index (χ3n) is 2.78. The van der Waals surface area contributed by atoms with Gasteiger partial charge in [0.05, 0.1) is 19.8 Å². The Bertz CT molecular complexity index is 355. The van der Waals surface area contributed by atoms with Crippen molar-refractivity contribution in [1.82, 2.24) is 15.3 Å². The maximum Gasteiger partial charge on any atom is 0.224 e. The number of aromatic nitrogens is 2. The summed E-state index contributed by atoms with van der Waals surface area (Å²) in [7, 11) is 3.21. The van der Waals surface area contributed by atoms with E-state index in [2.05, 4.69) is 29.1 Å². The Morgan fingerprint density at radius 3 is 2.42 bits per heavy atom. The number of nitrogens with one attached hydrogen (secondary N) is 1. The Balaban J connectivity index is 2.56. The zero-order valence-electron chi connectivity index (χ0n) is 12.1. The van der Waals surface area contributed by atoms with Gasteiger partial charge in [0.2, 0.25) is 11.8 Å². The van der Waals surface area contributed by atoms with Gasteiger partial charge in [-0.1, -0.05) is 6.92 Å². The maximum atomic E-state index is 5.24. The summed E-state index contributed by atoms with van der Waals surface area (Å²) in [6.07, 6.45) is 2.58. The fourth-order valence-corrected chi connectivity index (χ4v) is 2.48. The third-order valence-corrected chi connectivity index (χ3v) is 3.71. The van der Waals surface area contributed by atoms with Crippen molar-refractivity contribution in [3.63, 3.8) is 0 Å². The molecule has 0 fully saturated rings. The van der Waals surface area contributed by atoms with Crippen molar-refractivity contribution in [1.29, 1.82) is 0 Å².